The van der Waals surface area contributed by atoms with Crippen molar-refractivity contribution in [2.45, 2.75) is 84.3 Å². The fourth-order valence-corrected chi connectivity index (χ4v) is 2.89. The molecule has 2 aliphatic carbocycles. The molecule has 1 heterocycles. The maximum absolute atomic E-state index is 11.5. The highest BCUT2D eigenvalue weighted by atomic mass is 16.8. The summed E-state index contributed by atoms with van der Waals surface area (Å²) in [5.74, 6) is -2.33. The highest BCUT2D eigenvalue weighted by Crippen LogP contribution is 2.41. The molecule has 0 radical (unpaired) electrons. The van der Waals surface area contributed by atoms with Crippen molar-refractivity contribution >= 4 is 29.9 Å². The Kier molecular flexibility index (Phi) is 12.1. The van der Waals surface area contributed by atoms with E-state index in [1.807, 2.05) is 0 Å². The van der Waals surface area contributed by atoms with Gasteiger partial charge in [-0.1, -0.05) is 25.8 Å². The summed E-state index contributed by atoms with van der Waals surface area (Å²) >= 11 is 0. The molecule has 35 heavy (non-hydrogen) atoms. The van der Waals surface area contributed by atoms with Crippen LogP contribution < -0.4 is 0 Å². The smallest absolute Gasteiger partial charge is 0.464 e. The van der Waals surface area contributed by atoms with Crippen LogP contribution >= 0.6 is 0 Å². The largest absolute Gasteiger partial charge is 0.535 e. The van der Waals surface area contributed by atoms with Crippen molar-refractivity contribution < 1.29 is 48.1 Å². The summed E-state index contributed by atoms with van der Waals surface area (Å²) < 4.78 is 14.2. The second kappa shape index (κ2) is 14.0. The number of ether oxygens (including phenoxy) is 3. The van der Waals surface area contributed by atoms with Crippen molar-refractivity contribution in [1.82, 2.24) is 9.96 Å². The molecule has 1 saturated heterocycles. The molecule has 3 aliphatic rings. The van der Waals surface area contributed by atoms with Crippen LogP contribution in [0.25, 0.3) is 0 Å². The Bertz CT molecular complexity index is 736. The summed E-state index contributed by atoms with van der Waals surface area (Å²) in [4.78, 5) is 63.0. The predicted octanol–water partition coefficient (Wildman–Crippen LogP) is 1.72. The van der Waals surface area contributed by atoms with Gasteiger partial charge in [0.05, 0.1) is 13.2 Å². The van der Waals surface area contributed by atoms with Crippen LogP contribution in [0.5, 0.6) is 0 Å². The number of hydroxylamine groups is 2. The summed E-state index contributed by atoms with van der Waals surface area (Å²) in [6, 6.07) is 0. The van der Waals surface area contributed by atoms with Gasteiger partial charge in [-0.2, -0.15) is 0 Å². The molecule has 2 saturated carbocycles. The molecule has 0 unspecified atom stereocenters. The molecule has 0 aromatic rings. The lowest BCUT2D eigenvalue weighted by Gasteiger charge is -2.17. The van der Waals surface area contributed by atoms with Gasteiger partial charge in [0, 0.05) is 25.7 Å². The van der Waals surface area contributed by atoms with E-state index >= 15 is 0 Å². The van der Waals surface area contributed by atoms with Gasteiger partial charge in [-0.15, -0.1) is 0 Å². The van der Waals surface area contributed by atoms with E-state index in [-0.39, 0.29) is 19.4 Å². The van der Waals surface area contributed by atoms with Crippen LogP contribution in [0.3, 0.4) is 0 Å². The normalized spacial score (nSPS) is 18.4. The standard InChI is InChI=1S/C11H13NO7.C6H15N.C6H10O3/c1-2-17-9(15)11(5-6-11)18-10(16)19-12-7(13)3-4-8(12)14;1-4-7(5-2)6-3;1-2-9-5(7)6(8)3-4-6/h2-6H2,1H3;4-6H2,1-3H3;8H,2-4H2,1H3. The van der Waals surface area contributed by atoms with Gasteiger partial charge in [-0.05, 0) is 46.3 Å². The number of hydrogen-bond acceptors (Lipinski definition) is 11. The summed E-state index contributed by atoms with van der Waals surface area (Å²) in [6.45, 7) is 14.0. The van der Waals surface area contributed by atoms with Gasteiger partial charge in [0.1, 0.15) is 0 Å². The lowest BCUT2D eigenvalue weighted by Crippen LogP contribution is -2.37. The van der Waals surface area contributed by atoms with Gasteiger partial charge in [0.15, 0.2) is 5.60 Å². The number of esters is 2. The quantitative estimate of drug-likeness (QED) is 0.279. The molecule has 0 aromatic carbocycles. The number of rotatable bonds is 9. The minimum absolute atomic E-state index is 0.00483. The zero-order valence-corrected chi connectivity index (χ0v) is 21.3. The average molecular weight is 503 g/mol. The zero-order valence-electron chi connectivity index (χ0n) is 21.3. The third-order valence-corrected chi connectivity index (χ3v) is 5.52. The highest BCUT2D eigenvalue weighted by Gasteiger charge is 2.56. The molecule has 3 fully saturated rings. The first-order valence-corrected chi connectivity index (χ1v) is 12.1. The van der Waals surface area contributed by atoms with Crippen molar-refractivity contribution in [2.24, 2.45) is 0 Å². The van der Waals surface area contributed by atoms with Crippen LogP contribution in [-0.4, -0.2) is 89.0 Å². The number of aliphatic hydroxyl groups is 1. The highest BCUT2D eigenvalue weighted by molar-refractivity contribution is 6.01. The number of carbonyl (C=O) groups excluding carboxylic acids is 5. The first kappa shape index (κ1) is 30.3. The van der Waals surface area contributed by atoms with E-state index in [0.717, 1.165) is 0 Å². The minimum atomic E-state index is -1.32. The first-order valence-electron chi connectivity index (χ1n) is 12.1. The molecule has 0 spiro atoms. The van der Waals surface area contributed by atoms with Crippen LogP contribution in [0.4, 0.5) is 4.79 Å². The van der Waals surface area contributed by atoms with Crippen LogP contribution in [0.15, 0.2) is 0 Å². The molecule has 0 aromatic heterocycles. The van der Waals surface area contributed by atoms with E-state index in [4.69, 9.17) is 14.6 Å². The third-order valence-electron chi connectivity index (χ3n) is 5.52. The monoisotopic (exact) mass is 502 g/mol. The number of imide groups is 1. The van der Waals surface area contributed by atoms with Gasteiger partial charge in [-0.25, -0.2) is 14.4 Å². The van der Waals surface area contributed by atoms with Crippen LogP contribution in [0.2, 0.25) is 0 Å². The topological polar surface area (TPSA) is 149 Å². The summed E-state index contributed by atoms with van der Waals surface area (Å²) in [7, 11) is 0. The van der Waals surface area contributed by atoms with E-state index in [9.17, 15) is 24.0 Å². The summed E-state index contributed by atoms with van der Waals surface area (Å²) in [5, 5.41) is 9.42. The van der Waals surface area contributed by atoms with Crippen molar-refractivity contribution in [1.29, 1.82) is 0 Å². The van der Waals surface area contributed by atoms with Gasteiger partial charge in [0.25, 0.3) is 11.8 Å². The van der Waals surface area contributed by atoms with E-state index < -0.39 is 41.1 Å². The van der Waals surface area contributed by atoms with Gasteiger partial charge in [0.2, 0.25) is 5.60 Å². The second-order valence-electron chi connectivity index (χ2n) is 8.11. The number of carbonyl (C=O) groups is 5. The van der Waals surface area contributed by atoms with Gasteiger partial charge in [-0.3, -0.25) is 14.4 Å². The zero-order chi connectivity index (χ0) is 26.6. The third kappa shape index (κ3) is 9.44. The SMILES string of the molecule is CCN(CC)CC.CCOC(=O)C1(O)CC1.CCOC(=O)C1(OC(=O)ON2C(=O)CCC2=O)CC1. The molecule has 1 N–H and O–H groups in total. The lowest BCUT2D eigenvalue weighted by molar-refractivity contribution is -0.182. The Hall–Kier alpha value is -2.73. The van der Waals surface area contributed by atoms with E-state index in [0.29, 0.717) is 37.4 Å². The van der Waals surface area contributed by atoms with Crippen molar-refractivity contribution in [3.05, 3.63) is 0 Å². The molecule has 12 heteroatoms. The fraction of sp³-hybridized carbons (Fsp3) is 0.783. The molecule has 0 atom stereocenters. The summed E-state index contributed by atoms with van der Waals surface area (Å²) in [5.41, 5.74) is -2.42. The lowest BCUT2D eigenvalue weighted by atomic mass is 10.3. The maximum atomic E-state index is 11.5. The van der Waals surface area contributed by atoms with Crippen LogP contribution in [0, 0.1) is 0 Å². The van der Waals surface area contributed by atoms with Crippen LogP contribution in [-0.2, 0) is 38.2 Å². The van der Waals surface area contributed by atoms with Crippen molar-refractivity contribution in [2.75, 3.05) is 32.8 Å². The number of amides is 2. The Labute approximate surface area is 205 Å². The Morgan fingerprint density at radius 1 is 0.829 bits per heavy atom. The molecule has 12 nitrogen and oxygen atoms in total. The number of hydrogen-bond donors (Lipinski definition) is 1. The molecule has 2 amide bonds. The van der Waals surface area contributed by atoms with E-state index in [1.165, 1.54) is 19.6 Å². The van der Waals surface area contributed by atoms with E-state index in [2.05, 4.69) is 35.2 Å². The molecule has 1 aliphatic heterocycles. The maximum Gasteiger partial charge on any atom is 0.535 e. The van der Waals surface area contributed by atoms with Crippen molar-refractivity contribution in [3.8, 4) is 0 Å². The molecular weight excluding hydrogens is 464 g/mol. The van der Waals surface area contributed by atoms with Crippen LogP contribution in [0.1, 0.15) is 73.1 Å². The Balaban J connectivity index is 0.000000317. The average Bonchev–Trinajstić information content (AvgIpc) is 3.75. The Morgan fingerprint density at radius 2 is 1.29 bits per heavy atom. The van der Waals surface area contributed by atoms with E-state index in [1.54, 1.807) is 13.8 Å². The van der Waals surface area contributed by atoms with Gasteiger partial charge >= 0.3 is 18.1 Å². The molecule has 3 rings (SSSR count). The minimum Gasteiger partial charge on any atom is -0.464 e. The molecule has 0 bridgehead atoms. The first-order chi connectivity index (χ1) is 16.5. The van der Waals surface area contributed by atoms with Crippen molar-refractivity contribution in [3.63, 3.8) is 0 Å². The fourth-order valence-electron chi connectivity index (χ4n) is 2.89. The molecule has 200 valence electrons. The Morgan fingerprint density at radius 3 is 1.63 bits per heavy atom. The number of nitrogens with zero attached hydrogens (tertiary/aromatic N) is 2. The van der Waals surface area contributed by atoms with Gasteiger partial charge < -0.3 is 24.2 Å². The summed E-state index contributed by atoms with van der Waals surface area (Å²) in [6.07, 6.45) is 0.530. The molecular formula is C23H38N2O10. The predicted molar refractivity (Wildman–Crippen MR) is 122 cm³/mol. The second-order valence-corrected chi connectivity index (χ2v) is 8.11.